The van der Waals surface area contributed by atoms with Crippen molar-refractivity contribution in [3.63, 3.8) is 0 Å². The molecule has 0 unspecified atom stereocenters. The van der Waals surface area contributed by atoms with E-state index in [9.17, 15) is 9.90 Å². The molecule has 0 radical (unpaired) electrons. The first-order valence-electron chi connectivity index (χ1n) is 5.56. The number of allylic oxidation sites excluding steroid dienone is 1. The third-order valence-corrected chi connectivity index (χ3v) is 2.15. The summed E-state index contributed by atoms with van der Waals surface area (Å²) in [5, 5.41) is 13.6. The zero-order chi connectivity index (χ0) is 13.4. The molecule has 18 heavy (non-hydrogen) atoms. The van der Waals surface area contributed by atoms with Gasteiger partial charge < -0.3 is 9.84 Å². The van der Waals surface area contributed by atoms with Crippen LogP contribution in [0.15, 0.2) is 36.0 Å². The number of benzene rings is 1. The van der Waals surface area contributed by atoms with E-state index in [1.54, 1.807) is 31.2 Å². The van der Waals surface area contributed by atoms with E-state index in [1.807, 2.05) is 0 Å². The second kappa shape index (κ2) is 7.11. The van der Waals surface area contributed by atoms with Crippen molar-refractivity contribution in [1.82, 2.24) is 5.43 Å². The molecular weight excluding hydrogens is 232 g/mol. The SMILES string of the molecule is C=CCc1cccc(/C=N/NC(=O)OCC)c1O. The fraction of sp³-hybridized carbons (Fsp3) is 0.231. The Hall–Kier alpha value is -2.30. The van der Waals surface area contributed by atoms with Gasteiger partial charge in [-0.1, -0.05) is 18.2 Å². The van der Waals surface area contributed by atoms with Crippen LogP contribution in [0.5, 0.6) is 5.75 Å². The summed E-state index contributed by atoms with van der Waals surface area (Å²) in [7, 11) is 0. The maximum Gasteiger partial charge on any atom is 0.427 e. The highest BCUT2D eigenvalue weighted by Gasteiger charge is 2.03. The van der Waals surface area contributed by atoms with Crippen molar-refractivity contribution < 1.29 is 14.6 Å². The number of nitrogens with zero attached hydrogens (tertiary/aromatic N) is 1. The van der Waals surface area contributed by atoms with Crippen LogP contribution >= 0.6 is 0 Å². The molecule has 1 aromatic rings. The van der Waals surface area contributed by atoms with Gasteiger partial charge >= 0.3 is 6.09 Å². The topological polar surface area (TPSA) is 70.9 Å². The van der Waals surface area contributed by atoms with E-state index < -0.39 is 6.09 Å². The molecule has 2 N–H and O–H groups in total. The molecule has 5 nitrogen and oxygen atoms in total. The normalized spacial score (nSPS) is 10.3. The number of ether oxygens (including phenoxy) is 1. The Morgan fingerprint density at radius 3 is 3.06 bits per heavy atom. The van der Waals surface area contributed by atoms with Crippen molar-refractivity contribution in [3.05, 3.63) is 42.0 Å². The lowest BCUT2D eigenvalue weighted by molar-refractivity contribution is 0.152. The maximum absolute atomic E-state index is 11.0. The van der Waals surface area contributed by atoms with Crippen molar-refractivity contribution in [3.8, 4) is 5.75 Å². The van der Waals surface area contributed by atoms with E-state index in [-0.39, 0.29) is 12.4 Å². The smallest absolute Gasteiger partial charge is 0.427 e. The van der Waals surface area contributed by atoms with Gasteiger partial charge in [0.05, 0.1) is 12.8 Å². The minimum absolute atomic E-state index is 0.131. The fourth-order valence-electron chi connectivity index (χ4n) is 1.35. The van der Waals surface area contributed by atoms with Crippen molar-refractivity contribution in [2.45, 2.75) is 13.3 Å². The van der Waals surface area contributed by atoms with Gasteiger partial charge in [-0.3, -0.25) is 0 Å². The predicted octanol–water partition coefficient (Wildman–Crippen LogP) is 2.20. The second-order valence-corrected chi connectivity index (χ2v) is 3.44. The molecule has 0 atom stereocenters. The number of aromatic hydroxyl groups is 1. The average molecular weight is 248 g/mol. The molecule has 96 valence electrons. The highest BCUT2D eigenvalue weighted by atomic mass is 16.5. The van der Waals surface area contributed by atoms with Crippen molar-refractivity contribution in [2.75, 3.05) is 6.61 Å². The van der Waals surface area contributed by atoms with E-state index in [0.29, 0.717) is 12.0 Å². The van der Waals surface area contributed by atoms with Gasteiger partial charge in [-0.2, -0.15) is 5.10 Å². The molecule has 1 aromatic carbocycles. The lowest BCUT2D eigenvalue weighted by Crippen LogP contribution is -2.18. The molecule has 5 heteroatoms. The molecule has 0 aliphatic rings. The Labute approximate surface area is 106 Å². The first-order chi connectivity index (χ1) is 8.69. The maximum atomic E-state index is 11.0. The fourth-order valence-corrected chi connectivity index (χ4v) is 1.35. The largest absolute Gasteiger partial charge is 0.507 e. The molecule has 0 fully saturated rings. The number of carbonyl (C=O) groups is 1. The van der Waals surface area contributed by atoms with Crippen LogP contribution in [0.4, 0.5) is 4.79 Å². The summed E-state index contributed by atoms with van der Waals surface area (Å²) in [6.07, 6.45) is 3.00. The number of phenolic OH excluding ortho intramolecular Hbond substituents is 1. The molecular formula is C13H16N2O3. The van der Waals surface area contributed by atoms with E-state index >= 15 is 0 Å². The molecule has 0 spiro atoms. The monoisotopic (exact) mass is 248 g/mol. The summed E-state index contributed by atoms with van der Waals surface area (Å²) < 4.78 is 4.63. The molecule has 0 aliphatic heterocycles. The van der Waals surface area contributed by atoms with Crippen LogP contribution in [0.1, 0.15) is 18.1 Å². The van der Waals surface area contributed by atoms with Gasteiger partial charge in [-0.15, -0.1) is 6.58 Å². The number of para-hydroxylation sites is 1. The molecule has 0 saturated heterocycles. The van der Waals surface area contributed by atoms with Crippen LogP contribution in [0, 0.1) is 0 Å². The van der Waals surface area contributed by atoms with Gasteiger partial charge in [0.2, 0.25) is 0 Å². The minimum Gasteiger partial charge on any atom is -0.507 e. The lowest BCUT2D eigenvalue weighted by Gasteiger charge is -2.04. The zero-order valence-electron chi connectivity index (χ0n) is 10.2. The lowest BCUT2D eigenvalue weighted by atomic mass is 10.1. The highest BCUT2D eigenvalue weighted by molar-refractivity contribution is 5.84. The average Bonchev–Trinajstić information content (AvgIpc) is 2.34. The van der Waals surface area contributed by atoms with Gasteiger partial charge in [0, 0.05) is 5.56 Å². The first kappa shape index (κ1) is 13.8. The third kappa shape index (κ3) is 3.93. The first-order valence-corrected chi connectivity index (χ1v) is 5.56. The number of rotatable bonds is 5. The number of nitrogens with one attached hydrogen (secondary N) is 1. The number of amides is 1. The van der Waals surface area contributed by atoms with Gasteiger partial charge in [-0.25, -0.2) is 10.2 Å². The Bertz CT molecular complexity index is 456. The molecule has 1 rings (SSSR count). The van der Waals surface area contributed by atoms with Gasteiger partial charge in [0.25, 0.3) is 0 Å². The number of carbonyl (C=O) groups excluding carboxylic acids is 1. The minimum atomic E-state index is -0.629. The Balaban J connectivity index is 2.72. The number of hydrogen-bond donors (Lipinski definition) is 2. The predicted molar refractivity (Wildman–Crippen MR) is 69.8 cm³/mol. The van der Waals surface area contributed by atoms with E-state index in [0.717, 1.165) is 5.56 Å². The van der Waals surface area contributed by atoms with Crippen molar-refractivity contribution in [1.29, 1.82) is 0 Å². The zero-order valence-corrected chi connectivity index (χ0v) is 10.2. The van der Waals surface area contributed by atoms with Gasteiger partial charge in [0.15, 0.2) is 0 Å². The second-order valence-electron chi connectivity index (χ2n) is 3.44. The van der Waals surface area contributed by atoms with Crippen LogP contribution in [-0.2, 0) is 11.2 Å². The van der Waals surface area contributed by atoms with E-state index in [1.165, 1.54) is 6.21 Å². The van der Waals surface area contributed by atoms with E-state index in [2.05, 4.69) is 21.8 Å². The van der Waals surface area contributed by atoms with Crippen molar-refractivity contribution in [2.24, 2.45) is 5.10 Å². The molecule has 1 amide bonds. The van der Waals surface area contributed by atoms with Gasteiger partial charge in [-0.05, 0) is 25.0 Å². The van der Waals surface area contributed by atoms with E-state index in [4.69, 9.17) is 0 Å². The summed E-state index contributed by atoms with van der Waals surface area (Å²) in [6, 6.07) is 5.29. The Morgan fingerprint density at radius 2 is 2.39 bits per heavy atom. The molecule has 0 aromatic heterocycles. The molecule has 0 saturated carbocycles. The Kier molecular flexibility index (Phi) is 5.44. The quantitative estimate of drug-likeness (QED) is 0.476. The number of phenols is 1. The van der Waals surface area contributed by atoms with Gasteiger partial charge in [0.1, 0.15) is 5.75 Å². The highest BCUT2D eigenvalue weighted by Crippen LogP contribution is 2.21. The van der Waals surface area contributed by atoms with Crippen LogP contribution in [0.25, 0.3) is 0 Å². The number of hydrazone groups is 1. The number of hydrogen-bond acceptors (Lipinski definition) is 4. The summed E-state index contributed by atoms with van der Waals surface area (Å²) in [5.41, 5.74) is 3.46. The van der Waals surface area contributed by atoms with Crippen LogP contribution < -0.4 is 5.43 Å². The summed E-state index contributed by atoms with van der Waals surface area (Å²) in [4.78, 5) is 11.0. The van der Waals surface area contributed by atoms with Crippen LogP contribution in [-0.4, -0.2) is 24.0 Å². The summed E-state index contributed by atoms with van der Waals surface area (Å²) in [6.45, 7) is 5.60. The summed E-state index contributed by atoms with van der Waals surface area (Å²) in [5.74, 6) is 0.131. The molecule has 0 aliphatic carbocycles. The van der Waals surface area contributed by atoms with Crippen LogP contribution in [0.3, 0.4) is 0 Å². The standard InChI is InChI=1S/C13H16N2O3/c1-3-6-10-7-5-8-11(12(10)16)9-14-15-13(17)18-4-2/h3,5,7-9,16H,1,4,6H2,2H3,(H,15,17)/b14-9+. The van der Waals surface area contributed by atoms with Crippen molar-refractivity contribution >= 4 is 12.3 Å². The Morgan fingerprint density at radius 1 is 1.61 bits per heavy atom. The third-order valence-electron chi connectivity index (χ3n) is 2.15. The van der Waals surface area contributed by atoms with Crippen LogP contribution in [0.2, 0.25) is 0 Å². The molecule has 0 bridgehead atoms. The molecule has 0 heterocycles. The summed E-state index contributed by atoms with van der Waals surface area (Å²) >= 11 is 0.